The summed E-state index contributed by atoms with van der Waals surface area (Å²) in [6, 6.07) is 6.38. The van der Waals surface area contributed by atoms with E-state index < -0.39 is 0 Å². The number of hydrogen-bond acceptors (Lipinski definition) is 4. The van der Waals surface area contributed by atoms with Crippen molar-refractivity contribution in [2.75, 3.05) is 46.9 Å². The summed E-state index contributed by atoms with van der Waals surface area (Å²) >= 11 is 0. The van der Waals surface area contributed by atoms with Gasteiger partial charge in [-0.2, -0.15) is 0 Å². The quantitative estimate of drug-likeness (QED) is 0.861. The van der Waals surface area contributed by atoms with Crippen LogP contribution in [0.2, 0.25) is 0 Å². The van der Waals surface area contributed by atoms with Crippen molar-refractivity contribution in [3.05, 3.63) is 34.9 Å². The molecule has 0 aromatic heterocycles. The van der Waals surface area contributed by atoms with E-state index in [0.717, 1.165) is 25.2 Å². The molecule has 1 saturated heterocycles. The molecule has 1 N–H and O–H groups in total. The van der Waals surface area contributed by atoms with Crippen LogP contribution in [-0.2, 0) is 9.53 Å². The second kappa shape index (κ2) is 8.60. The molecule has 1 fully saturated rings. The molecule has 1 heterocycles. The fourth-order valence-electron chi connectivity index (χ4n) is 3.05. The first kappa shape index (κ1) is 18.9. The first-order chi connectivity index (χ1) is 11.3. The molecule has 1 aromatic carbocycles. The van der Waals surface area contributed by atoms with Gasteiger partial charge < -0.3 is 15.0 Å². The van der Waals surface area contributed by atoms with Crippen LogP contribution in [0.4, 0.5) is 0 Å². The standard InChI is InChI=1S/C19H31N3O2/c1-14-6-7-17(10-15(14)2)16(3)20-19(23)13-22-8-9-24-18(12-22)11-21(4)5/h6-7,10,16,18H,8-9,11-13H2,1-5H3,(H,20,23)/t16-,18+/m1/s1. The summed E-state index contributed by atoms with van der Waals surface area (Å²) < 4.78 is 5.76. The predicted octanol–water partition coefficient (Wildman–Crippen LogP) is 1.74. The van der Waals surface area contributed by atoms with Crippen molar-refractivity contribution in [3.8, 4) is 0 Å². The zero-order valence-corrected chi connectivity index (χ0v) is 15.6. The third-order valence-corrected chi connectivity index (χ3v) is 4.57. The van der Waals surface area contributed by atoms with Crippen LogP contribution in [-0.4, -0.2) is 68.7 Å². The summed E-state index contributed by atoms with van der Waals surface area (Å²) in [5.74, 6) is 0.0752. The number of carbonyl (C=O) groups is 1. The van der Waals surface area contributed by atoms with Gasteiger partial charge in [0.2, 0.25) is 5.91 Å². The van der Waals surface area contributed by atoms with E-state index in [-0.39, 0.29) is 18.1 Å². The summed E-state index contributed by atoms with van der Waals surface area (Å²) in [5.41, 5.74) is 3.68. The van der Waals surface area contributed by atoms with Gasteiger partial charge >= 0.3 is 0 Å². The first-order valence-electron chi connectivity index (χ1n) is 8.70. The minimum absolute atomic E-state index is 0.0235. The summed E-state index contributed by atoms with van der Waals surface area (Å²) in [6.45, 7) is 9.88. The van der Waals surface area contributed by atoms with E-state index in [9.17, 15) is 4.79 Å². The summed E-state index contributed by atoms with van der Waals surface area (Å²) in [5, 5.41) is 3.11. The molecule has 24 heavy (non-hydrogen) atoms. The molecule has 0 spiro atoms. The monoisotopic (exact) mass is 333 g/mol. The molecule has 2 atom stereocenters. The Balaban J connectivity index is 1.84. The van der Waals surface area contributed by atoms with Gasteiger partial charge in [-0.25, -0.2) is 0 Å². The van der Waals surface area contributed by atoms with Crippen LogP contribution in [0.25, 0.3) is 0 Å². The minimum atomic E-state index is 0.0235. The van der Waals surface area contributed by atoms with Gasteiger partial charge in [0.25, 0.3) is 0 Å². The molecule has 0 saturated carbocycles. The molecule has 0 bridgehead atoms. The summed E-state index contributed by atoms with van der Waals surface area (Å²) in [6.07, 6.45) is 0.179. The molecule has 5 nitrogen and oxygen atoms in total. The highest BCUT2D eigenvalue weighted by molar-refractivity contribution is 5.78. The number of hydrogen-bond donors (Lipinski definition) is 1. The van der Waals surface area contributed by atoms with E-state index in [1.807, 2.05) is 21.0 Å². The Hall–Kier alpha value is -1.43. The second-order valence-corrected chi connectivity index (χ2v) is 7.12. The molecule has 134 valence electrons. The number of nitrogens with one attached hydrogen (secondary N) is 1. The van der Waals surface area contributed by atoms with E-state index in [2.05, 4.69) is 47.2 Å². The van der Waals surface area contributed by atoms with Crippen LogP contribution in [0.15, 0.2) is 18.2 Å². The van der Waals surface area contributed by atoms with E-state index in [4.69, 9.17) is 4.74 Å². The average molecular weight is 333 g/mol. The lowest BCUT2D eigenvalue weighted by Crippen LogP contribution is -2.49. The van der Waals surface area contributed by atoms with Gasteiger partial charge in [0.05, 0.1) is 25.3 Å². The Bertz CT molecular complexity index is 560. The van der Waals surface area contributed by atoms with Crippen molar-refractivity contribution in [3.63, 3.8) is 0 Å². The van der Waals surface area contributed by atoms with E-state index in [0.29, 0.717) is 13.2 Å². The van der Waals surface area contributed by atoms with Crippen LogP contribution in [0.5, 0.6) is 0 Å². The lowest BCUT2D eigenvalue weighted by atomic mass is 10.0. The Morgan fingerprint density at radius 1 is 1.38 bits per heavy atom. The fourth-order valence-corrected chi connectivity index (χ4v) is 3.05. The van der Waals surface area contributed by atoms with Crippen LogP contribution in [0.1, 0.15) is 29.7 Å². The number of carbonyl (C=O) groups excluding carboxylic acids is 1. The van der Waals surface area contributed by atoms with Crippen molar-refractivity contribution >= 4 is 5.91 Å². The minimum Gasteiger partial charge on any atom is -0.374 e. The number of benzene rings is 1. The molecule has 5 heteroatoms. The molecule has 0 radical (unpaired) electrons. The van der Waals surface area contributed by atoms with Gasteiger partial charge in [0.1, 0.15) is 0 Å². The maximum Gasteiger partial charge on any atom is 0.234 e. The average Bonchev–Trinajstić information content (AvgIpc) is 2.49. The van der Waals surface area contributed by atoms with Gasteiger partial charge in [-0.3, -0.25) is 9.69 Å². The molecular weight excluding hydrogens is 302 g/mol. The van der Waals surface area contributed by atoms with Crippen molar-refractivity contribution in [1.29, 1.82) is 0 Å². The van der Waals surface area contributed by atoms with Gasteiger partial charge in [-0.1, -0.05) is 18.2 Å². The highest BCUT2D eigenvalue weighted by Gasteiger charge is 2.23. The Morgan fingerprint density at radius 3 is 2.79 bits per heavy atom. The van der Waals surface area contributed by atoms with E-state index in [1.54, 1.807) is 0 Å². The number of rotatable bonds is 6. The Morgan fingerprint density at radius 2 is 2.12 bits per heavy atom. The van der Waals surface area contributed by atoms with Crippen LogP contribution < -0.4 is 5.32 Å². The third kappa shape index (κ3) is 5.58. The topological polar surface area (TPSA) is 44.8 Å². The lowest BCUT2D eigenvalue weighted by molar-refractivity contribution is -0.125. The third-order valence-electron chi connectivity index (χ3n) is 4.57. The van der Waals surface area contributed by atoms with Gasteiger partial charge in [-0.05, 0) is 51.6 Å². The van der Waals surface area contributed by atoms with Crippen molar-refractivity contribution in [2.24, 2.45) is 0 Å². The maximum absolute atomic E-state index is 12.4. The number of likely N-dealkylation sites (N-methyl/N-ethyl adjacent to an activating group) is 1. The van der Waals surface area contributed by atoms with Crippen molar-refractivity contribution in [2.45, 2.75) is 32.9 Å². The van der Waals surface area contributed by atoms with Crippen LogP contribution in [0.3, 0.4) is 0 Å². The number of nitrogens with zero attached hydrogens (tertiary/aromatic N) is 2. The van der Waals surface area contributed by atoms with Gasteiger partial charge in [0, 0.05) is 19.6 Å². The van der Waals surface area contributed by atoms with E-state index >= 15 is 0 Å². The molecule has 1 amide bonds. The predicted molar refractivity (Wildman–Crippen MR) is 97.2 cm³/mol. The molecular formula is C19H31N3O2. The molecule has 2 rings (SSSR count). The highest BCUT2D eigenvalue weighted by atomic mass is 16.5. The zero-order chi connectivity index (χ0) is 17.7. The molecule has 0 unspecified atom stereocenters. The van der Waals surface area contributed by atoms with Crippen LogP contribution >= 0.6 is 0 Å². The van der Waals surface area contributed by atoms with Gasteiger partial charge in [0.15, 0.2) is 0 Å². The molecule has 1 aliphatic rings. The first-order valence-corrected chi connectivity index (χ1v) is 8.70. The number of ether oxygens (including phenoxy) is 1. The maximum atomic E-state index is 12.4. The number of amides is 1. The number of morpholine rings is 1. The van der Waals surface area contributed by atoms with E-state index in [1.165, 1.54) is 11.1 Å². The molecule has 1 aliphatic heterocycles. The van der Waals surface area contributed by atoms with Gasteiger partial charge in [-0.15, -0.1) is 0 Å². The zero-order valence-electron chi connectivity index (χ0n) is 15.6. The normalized spacial score (nSPS) is 20.2. The summed E-state index contributed by atoms with van der Waals surface area (Å²) in [7, 11) is 4.08. The highest BCUT2D eigenvalue weighted by Crippen LogP contribution is 2.16. The lowest BCUT2D eigenvalue weighted by Gasteiger charge is -2.33. The molecule has 1 aromatic rings. The Labute approximate surface area is 146 Å². The van der Waals surface area contributed by atoms with Crippen molar-refractivity contribution in [1.82, 2.24) is 15.1 Å². The largest absolute Gasteiger partial charge is 0.374 e. The number of aryl methyl sites for hydroxylation is 2. The molecule has 0 aliphatic carbocycles. The second-order valence-electron chi connectivity index (χ2n) is 7.12. The fraction of sp³-hybridized carbons (Fsp3) is 0.632. The Kier molecular flexibility index (Phi) is 6.78. The van der Waals surface area contributed by atoms with Crippen LogP contribution in [0, 0.1) is 13.8 Å². The van der Waals surface area contributed by atoms with Crippen molar-refractivity contribution < 1.29 is 9.53 Å². The smallest absolute Gasteiger partial charge is 0.234 e. The summed E-state index contributed by atoms with van der Waals surface area (Å²) in [4.78, 5) is 16.7. The SMILES string of the molecule is Cc1ccc([C@@H](C)NC(=O)CN2CCO[C@@H](CN(C)C)C2)cc1C.